The van der Waals surface area contributed by atoms with Crippen molar-refractivity contribution in [3.05, 3.63) is 191 Å². The summed E-state index contributed by atoms with van der Waals surface area (Å²) in [4.78, 5) is 0. The zero-order chi connectivity index (χ0) is 28.4. The zero-order valence-electron chi connectivity index (χ0n) is 21.9. The van der Waals surface area contributed by atoms with Crippen LogP contribution in [0.5, 0.6) is 0 Å². The molecule has 6 aromatic rings. The molecular formula is C37H24F4. The van der Waals surface area contributed by atoms with Gasteiger partial charge in [0.05, 0.1) is 5.41 Å². The van der Waals surface area contributed by atoms with Crippen LogP contribution in [-0.4, -0.2) is 0 Å². The van der Waals surface area contributed by atoms with Crippen molar-refractivity contribution in [1.82, 2.24) is 0 Å². The van der Waals surface area contributed by atoms with Crippen molar-refractivity contribution in [2.24, 2.45) is 0 Å². The van der Waals surface area contributed by atoms with Gasteiger partial charge in [0.2, 0.25) is 0 Å². The van der Waals surface area contributed by atoms with Crippen LogP contribution in [0.4, 0.5) is 17.6 Å². The van der Waals surface area contributed by atoms with E-state index in [2.05, 4.69) is 0 Å². The summed E-state index contributed by atoms with van der Waals surface area (Å²) in [5, 5.41) is 0. The molecule has 0 nitrogen and oxygen atoms in total. The van der Waals surface area contributed by atoms with Crippen molar-refractivity contribution in [2.75, 3.05) is 0 Å². The van der Waals surface area contributed by atoms with Crippen LogP contribution in [0.15, 0.2) is 146 Å². The molecular weight excluding hydrogens is 520 g/mol. The maximum atomic E-state index is 15.8. The molecule has 0 fully saturated rings. The molecule has 0 aromatic heterocycles. The Kier molecular flexibility index (Phi) is 6.98. The summed E-state index contributed by atoms with van der Waals surface area (Å²) in [5.74, 6) is -2.04. The second kappa shape index (κ2) is 10.9. The predicted molar refractivity (Wildman–Crippen MR) is 155 cm³/mol. The van der Waals surface area contributed by atoms with Gasteiger partial charge < -0.3 is 0 Å². The first-order chi connectivity index (χ1) is 20.0. The molecule has 6 aromatic carbocycles. The van der Waals surface area contributed by atoms with Crippen molar-refractivity contribution >= 4 is 0 Å². The lowest BCUT2D eigenvalue weighted by molar-refractivity contribution is 0.580. The molecule has 0 aliphatic carbocycles. The van der Waals surface area contributed by atoms with E-state index in [9.17, 15) is 13.2 Å². The molecule has 0 heterocycles. The maximum absolute atomic E-state index is 15.8. The molecule has 200 valence electrons. The molecule has 0 amide bonds. The smallest absolute Gasteiger partial charge is 0.131 e. The van der Waals surface area contributed by atoms with E-state index >= 15 is 4.39 Å². The Morgan fingerprint density at radius 2 is 0.854 bits per heavy atom. The Labute approximate surface area is 236 Å². The summed E-state index contributed by atoms with van der Waals surface area (Å²) in [6, 6.07) is 41.0. The molecule has 0 aliphatic rings. The quantitative estimate of drug-likeness (QED) is 0.145. The highest BCUT2D eigenvalue weighted by Crippen LogP contribution is 2.46. The fourth-order valence-electron chi connectivity index (χ4n) is 5.65. The Balaban J connectivity index is 1.60. The second-order valence-electron chi connectivity index (χ2n) is 9.89. The van der Waals surface area contributed by atoms with Gasteiger partial charge in [-0.25, -0.2) is 17.6 Å². The fraction of sp³-hybridized carbons (Fsp3) is 0.0270. The largest absolute Gasteiger partial charge is 0.207 e. The molecule has 41 heavy (non-hydrogen) atoms. The average Bonchev–Trinajstić information content (AvgIpc) is 2.99. The molecule has 4 heteroatoms. The van der Waals surface area contributed by atoms with Gasteiger partial charge in [0.15, 0.2) is 0 Å². The second-order valence-corrected chi connectivity index (χ2v) is 9.89. The van der Waals surface area contributed by atoms with Crippen LogP contribution in [0.1, 0.15) is 22.3 Å². The molecule has 1 atom stereocenters. The van der Waals surface area contributed by atoms with Crippen molar-refractivity contribution in [1.29, 1.82) is 0 Å². The van der Waals surface area contributed by atoms with Gasteiger partial charge in [0.1, 0.15) is 23.3 Å². The first kappa shape index (κ1) is 26.3. The highest BCUT2D eigenvalue weighted by Gasteiger charge is 2.40. The third-order valence-corrected chi connectivity index (χ3v) is 7.50. The fourth-order valence-corrected chi connectivity index (χ4v) is 5.65. The highest BCUT2D eigenvalue weighted by atomic mass is 19.1. The van der Waals surface area contributed by atoms with E-state index in [1.165, 1.54) is 24.3 Å². The van der Waals surface area contributed by atoms with E-state index in [0.29, 0.717) is 27.8 Å². The minimum atomic E-state index is -1.09. The van der Waals surface area contributed by atoms with Crippen LogP contribution in [0.2, 0.25) is 0 Å². The van der Waals surface area contributed by atoms with E-state index in [0.717, 1.165) is 22.8 Å². The number of hydrogen-bond acceptors (Lipinski definition) is 0. The summed E-state index contributed by atoms with van der Waals surface area (Å²) >= 11 is 0. The van der Waals surface area contributed by atoms with E-state index < -0.39 is 17.0 Å². The summed E-state index contributed by atoms with van der Waals surface area (Å²) in [6.45, 7) is 0. The lowest BCUT2D eigenvalue weighted by atomic mass is 9.64. The maximum Gasteiger partial charge on any atom is 0.131 e. The SMILES string of the molecule is Fc1cc(F)cc(-c2ccc(C(c3ccccc3)(c3ccc(-c4ccccc4F)cc3)c3ccccc3F)cc2)c1. The molecule has 0 saturated heterocycles. The van der Waals surface area contributed by atoms with Gasteiger partial charge in [-0.2, -0.15) is 0 Å². The third-order valence-electron chi connectivity index (χ3n) is 7.50. The van der Waals surface area contributed by atoms with Gasteiger partial charge in [-0.1, -0.05) is 115 Å². The molecule has 0 spiro atoms. The summed E-state index contributed by atoms with van der Waals surface area (Å²) in [5.41, 5.74) is 3.91. The van der Waals surface area contributed by atoms with E-state index in [-0.39, 0.29) is 11.6 Å². The van der Waals surface area contributed by atoms with Gasteiger partial charge in [0, 0.05) is 17.2 Å². The minimum absolute atomic E-state index is 0.326. The first-order valence-corrected chi connectivity index (χ1v) is 13.2. The number of hydrogen-bond donors (Lipinski definition) is 0. The minimum Gasteiger partial charge on any atom is -0.207 e. The first-order valence-electron chi connectivity index (χ1n) is 13.2. The van der Waals surface area contributed by atoms with Gasteiger partial charge in [-0.15, -0.1) is 0 Å². The Bertz CT molecular complexity index is 1790. The van der Waals surface area contributed by atoms with Crippen molar-refractivity contribution in [2.45, 2.75) is 5.41 Å². The van der Waals surface area contributed by atoms with Crippen LogP contribution < -0.4 is 0 Å². The van der Waals surface area contributed by atoms with Crippen LogP contribution in [-0.2, 0) is 5.41 Å². The normalized spacial score (nSPS) is 12.6. The Hall–Kier alpha value is -4.96. The molecule has 0 radical (unpaired) electrons. The van der Waals surface area contributed by atoms with Crippen LogP contribution in [0.3, 0.4) is 0 Å². The third kappa shape index (κ3) is 4.82. The van der Waals surface area contributed by atoms with Crippen LogP contribution in [0.25, 0.3) is 22.3 Å². The number of halogens is 4. The topological polar surface area (TPSA) is 0 Å². The Morgan fingerprint density at radius 1 is 0.366 bits per heavy atom. The van der Waals surface area contributed by atoms with Crippen LogP contribution >= 0.6 is 0 Å². The van der Waals surface area contributed by atoms with Gasteiger partial charge in [-0.3, -0.25) is 0 Å². The van der Waals surface area contributed by atoms with Crippen LogP contribution in [0, 0.1) is 23.3 Å². The molecule has 1 unspecified atom stereocenters. The van der Waals surface area contributed by atoms with E-state index in [1.54, 1.807) is 48.5 Å². The van der Waals surface area contributed by atoms with Gasteiger partial charge in [-0.05, 0) is 57.6 Å². The van der Waals surface area contributed by atoms with E-state index in [4.69, 9.17) is 0 Å². The molecule has 0 N–H and O–H groups in total. The zero-order valence-corrected chi connectivity index (χ0v) is 21.9. The highest BCUT2D eigenvalue weighted by molar-refractivity contribution is 5.69. The summed E-state index contributed by atoms with van der Waals surface area (Å²) < 4.78 is 58.4. The summed E-state index contributed by atoms with van der Waals surface area (Å²) in [6.07, 6.45) is 0. The van der Waals surface area contributed by atoms with Gasteiger partial charge >= 0.3 is 0 Å². The monoisotopic (exact) mass is 544 g/mol. The van der Waals surface area contributed by atoms with Crippen molar-refractivity contribution < 1.29 is 17.6 Å². The lowest BCUT2D eigenvalue weighted by Crippen LogP contribution is -2.32. The number of benzene rings is 6. The molecule has 6 rings (SSSR count). The summed E-state index contributed by atoms with van der Waals surface area (Å²) in [7, 11) is 0. The van der Waals surface area contributed by atoms with Gasteiger partial charge in [0.25, 0.3) is 0 Å². The lowest BCUT2D eigenvalue weighted by Gasteiger charge is -2.37. The van der Waals surface area contributed by atoms with E-state index in [1.807, 2.05) is 66.7 Å². The standard InChI is InChI=1S/C37H24F4/c38-31-22-27(23-32(39)24-31)25-14-18-29(19-15-25)37(28-8-2-1-3-9-28,34-11-5-7-13-36(34)41)30-20-16-26(17-21-30)33-10-4-6-12-35(33)40/h1-24H. The van der Waals surface area contributed by atoms with Crippen molar-refractivity contribution in [3.63, 3.8) is 0 Å². The molecule has 0 saturated carbocycles. The average molecular weight is 545 g/mol. The van der Waals surface area contributed by atoms with Crippen molar-refractivity contribution in [3.8, 4) is 22.3 Å². The molecule has 0 bridgehead atoms. The Morgan fingerprint density at radius 3 is 1.44 bits per heavy atom. The number of rotatable bonds is 6. The molecule has 0 aliphatic heterocycles. The predicted octanol–water partition coefficient (Wildman–Crippen LogP) is 9.96.